The van der Waals surface area contributed by atoms with E-state index in [1.54, 1.807) is 41.1 Å². The number of hydrogen-bond acceptors (Lipinski definition) is 4. The van der Waals surface area contributed by atoms with Crippen molar-refractivity contribution in [3.8, 4) is 28.6 Å². The smallest absolute Gasteiger partial charge is 0.295 e. The van der Waals surface area contributed by atoms with Crippen molar-refractivity contribution in [1.82, 2.24) is 14.8 Å². The quantitative estimate of drug-likeness (QED) is 0.270. The number of benzene rings is 4. The van der Waals surface area contributed by atoms with Crippen molar-refractivity contribution in [2.75, 3.05) is 5.32 Å². The third kappa shape index (κ3) is 5.14. The van der Waals surface area contributed by atoms with Crippen LogP contribution in [0.15, 0.2) is 97.1 Å². The number of amides is 1. The highest BCUT2D eigenvalue weighted by Crippen LogP contribution is 2.26. The molecule has 1 N–H and O–H groups in total. The topological polar surface area (TPSA) is 69.0 Å². The monoisotopic (exact) mass is 494 g/mol. The van der Waals surface area contributed by atoms with Gasteiger partial charge < -0.3 is 10.1 Å². The van der Waals surface area contributed by atoms with Gasteiger partial charge in [0.2, 0.25) is 5.82 Å². The van der Waals surface area contributed by atoms with Crippen LogP contribution in [0.3, 0.4) is 0 Å². The number of aromatic nitrogens is 3. The molecule has 0 fully saturated rings. The molecule has 0 bridgehead atoms. The zero-order valence-corrected chi connectivity index (χ0v) is 20.5. The van der Waals surface area contributed by atoms with Crippen LogP contribution in [0.25, 0.3) is 17.1 Å². The summed E-state index contributed by atoms with van der Waals surface area (Å²) in [5, 5.41) is 8.08. The number of carbonyl (C=O) groups is 1. The maximum Gasteiger partial charge on any atom is 0.295 e. The van der Waals surface area contributed by atoms with Crippen LogP contribution in [0.5, 0.6) is 11.5 Å². The van der Waals surface area contributed by atoms with Crippen molar-refractivity contribution >= 4 is 23.2 Å². The molecule has 5 aromatic rings. The Bertz CT molecular complexity index is 1510. The number of nitrogens with one attached hydrogen (secondary N) is 1. The van der Waals surface area contributed by atoms with Gasteiger partial charge in [0, 0.05) is 16.3 Å². The average Bonchev–Trinajstić information content (AvgIpc) is 3.33. The van der Waals surface area contributed by atoms with Gasteiger partial charge in [0.1, 0.15) is 11.5 Å². The van der Waals surface area contributed by atoms with Crippen LogP contribution < -0.4 is 10.1 Å². The first-order chi connectivity index (χ1) is 17.5. The van der Waals surface area contributed by atoms with E-state index in [0.29, 0.717) is 22.3 Å². The third-order valence-electron chi connectivity index (χ3n) is 5.60. The largest absolute Gasteiger partial charge is 0.457 e. The molecule has 1 heterocycles. The standard InChI is InChI=1S/C29H23ClN4O2/c1-19-8-9-20(2)26(18-19)34-28(21-10-12-22(30)13-11-21)32-27(33-34)29(35)31-23-14-16-25(17-15-23)36-24-6-4-3-5-7-24/h3-18H,1-2H3,(H,31,35). The molecule has 0 radical (unpaired) electrons. The molecule has 178 valence electrons. The Hall–Kier alpha value is -4.42. The molecule has 0 unspecified atom stereocenters. The van der Waals surface area contributed by atoms with Gasteiger partial charge in [-0.1, -0.05) is 41.9 Å². The normalized spacial score (nSPS) is 10.8. The van der Waals surface area contributed by atoms with Gasteiger partial charge in [-0.05, 0) is 91.7 Å². The first-order valence-corrected chi connectivity index (χ1v) is 11.8. The Labute approximate surface area is 214 Å². The zero-order chi connectivity index (χ0) is 25.1. The van der Waals surface area contributed by atoms with Crippen LogP contribution in [-0.4, -0.2) is 20.7 Å². The zero-order valence-electron chi connectivity index (χ0n) is 19.8. The van der Waals surface area contributed by atoms with Crippen molar-refractivity contribution < 1.29 is 9.53 Å². The van der Waals surface area contributed by atoms with Crippen LogP contribution in [0.2, 0.25) is 5.02 Å². The van der Waals surface area contributed by atoms with E-state index in [-0.39, 0.29) is 5.82 Å². The number of aryl methyl sites for hydroxylation is 2. The first kappa shape index (κ1) is 23.3. The second-order valence-corrected chi connectivity index (χ2v) is 8.80. The molecule has 36 heavy (non-hydrogen) atoms. The van der Waals surface area contributed by atoms with E-state index in [9.17, 15) is 4.79 Å². The lowest BCUT2D eigenvalue weighted by Gasteiger charge is -2.10. The lowest BCUT2D eigenvalue weighted by molar-refractivity contribution is 0.101. The maximum absolute atomic E-state index is 13.1. The number of ether oxygens (including phenoxy) is 1. The molecule has 0 saturated carbocycles. The highest BCUT2D eigenvalue weighted by atomic mass is 35.5. The lowest BCUT2D eigenvalue weighted by atomic mass is 10.1. The van der Waals surface area contributed by atoms with Crippen molar-refractivity contribution in [3.63, 3.8) is 0 Å². The molecule has 0 saturated heterocycles. The molecule has 4 aromatic carbocycles. The molecular weight excluding hydrogens is 472 g/mol. The molecule has 0 aliphatic rings. The van der Waals surface area contributed by atoms with E-state index < -0.39 is 5.91 Å². The van der Waals surface area contributed by atoms with E-state index in [0.717, 1.165) is 28.1 Å². The predicted molar refractivity (Wildman–Crippen MR) is 142 cm³/mol. The van der Waals surface area contributed by atoms with Gasteiger partial charge >= 0.3 is 0 Å². The molecule has 0 aliphatic carbocycles. The minimum atomic E-state index is -0.411. The maximum atomic E-state index is 13.1. The van der Waals surface area contributed by atoms with Gasteiger partial charge in [0.15, 0.2) is 5.82 Å². The Morgan fingerprint density at radius 3 is 2.28 bits per heavy atom. The van der Waals surface area contributed by atoms with Crippen LogP contribution in [0, 0.1) is 13.8 Å². The van der Waals surface area contributed by atoms with Crippen LogP contribution in [0.4, 0.5) is 5.69 Å². The number of rotatable bonds is 6. The summed E-state index contributed by atoms with van der Waals surface area (Å²) < 4.78 is 7.52. The van der Waals surface area contributed by atoms with Crippen LogP contribution in [0.1, 0.15) is 21.7 Å². The summed E-state index contributed by atoms with van der Waals surface area (Å²) >= 11 is 6.09. The fourth-order valence-electron chi connectivity index (χ4n) is 3.73. The third-order valence-corrected chi connectivity index (χ3v) is 5.85. The Morgan fingerprint density at radius 1 is 0.861 bits per heavy atom. The number of carbonyl (C=O) groups excluding carboxylic acids is 1. The van der Waals surface area contributed by atoms with Crippen LogP contribution >= 0.6 is 11.6 Å². The van der Waals surface area contributed by atoms with Gasteiger partial charge in [-0.3, -0.25) is 4.79 Å². The van der Waals surface area contributed by atoms with Crippen molar-refractivity contribution in [1.29, 1.82) is 0 Å². The van der Waals surface area contributed by atoms with E-state index in [4.69, 9.17) is 16.3 Å². The molecule has 5 rings (SSSR count). The van der Waals surface area contributed by atoms with Gasteiger partial charge in [-0.25, -0.2) is 9.67 Å². The summed E-state index contributed by atoms with van der Waals surface area (Å²) in [7, 11) is 0. The Balaban J connectivity index is 1.43. The van der Waals surface area contributed by atoms with Gasteiger partial charge in [-0.2, -0.15) is 0 Å². The fraction of sp³-hybridized carbons (Fsp3) is 0.0690. The molecule has 0 atom stereocenters. The summed E-state index contributed by atoms with van der Waals surface area (Å²) in [4.78, 5) is 17.7. The molecule has 1 amide bonds. The van der Waals surface area contributed by atoms with Gasteiger partial charge in [-0.15, -0.1) is 5.10 Å². The average molecular weight is 495 g/mol. The number of anilines is 1. The van der Waals surface area contributed by atoms with Gasteiger partial charge in [0.25, 0.3) is 5.91 Å². The minimum absolute atomic E-state index is 0.0606. The number of nitrogens with zero attached hydrogens (tertiary/aromatic N) is 3. The van der Waals surface area contributed by atoms with E-state index in [1.807, 2.05) is 74.5 Å². The number of hydrogen-bond donors (Lipinski definition) is 1. The highest BCUT2D eigenvalue weighted by molar-refractivity contribution is 6.30. The van der Waals surface area contributed by atoms with Crippen molar-refractivity contribution in [3.05, 3.63) is 119 Å². The number of halogens is 1. The summed E-state index contributed by atoms with van der Waals surface area (Å²) in [6.07, 6.45) is 0. The highest BCUT2D eigenvalue weighted by Gasteiger charge is 2.20. The number of para-hydroxylation sites is 1. The van der Waals surface area contributed by atoms with Crippen molar-refractivity contribution in [2.24, 2.45) is 0 Å². The van der Waals surface area contributed by atoms with E-state index >= 15 is 0 Å². The second-order valence-electron chi connectivity index (χ2n) is 8.36. The fourth-order valence-corrected chi connectivity index (χ4v) is 3.85. The van der Waals surface area contributed by atoms with Gasteiger partial charge in [0.05, 0.1) is 5.69 Å². The summed E-state index contributed by atoms with van der Waals surface area (Å²) in [6.45, 7) is 4.02. The summed E-state index contributed by atoms with van der Waals surface area (Å²) in [5.74, 6) is 1.61. The SMILES string of the molecule is Cc1ccc(C)c(-n2nc(C(=O)Nc3ccc(Oc4ccccc4)cc3)nc2-c2ccc(Cl)cc2)c1. The Morgan fingerprint density at radius 2 is 1.56 bits per heavy atom. The first-order valence-electron chi connectivity index (χ1n) is 11.4. The van der Waals surface area contributed by atoms with E-state index in [2.05, 4.69) is 15.4 Å². The minimum Gasteiger partial charge on any atom is -0.457 e. The second kappa shape index (κ2) is 10.1. The molecule has 0 aliphatic heterocycles. The predicted octanol–water partition coefficient (Wildman–Crippen LogP) is 7.25. The summed E-state index contributed by atoms with van der Waals surface area (Å²) in [6, 6.07) is 30.0. The summed E-state index contributed by atoms with van der Waals surface area (Å²) in [5.41, 5.74) is 4.36. The molecule has 0 spiro atoms. The molecule has 6 nitrogen and oxygen atoms in total. The Kier molecular flexibility index (Phi) is 6.52. The lowest BCUT2D eigenvalue weighted by Crippen LogP contribution is -2.14. The molecule has 1 aromatic heterocycles. The molecule has 7 heteroatoms. The van der Waals surface area contributed by atoms with Crippen molar-refractivity contribution in [2.45, 2.75) is 13.8 Å². The van der Waals surface area contributed by atoms with E-state index in [1.165, 1.54) is 0 Å². The molecular formula is C29H23ClN4O2. The van der Waals surface area contributed by atoms with Crippen LogP contribution in [-0.2, 0) is 0 Å².